The minimum atomic E-state index is -1.51. The molecule has 0 aromatic rings. The molecule has 15 heteroatoms. The van der Waals surface area contributed by atoms with E-state index >= 15 is 0 Å². The Hall–Kier alpha value is -3.75. The molecule has 0 aromatic carbocycles. The van der Waals surface area contributed by atoms with Crippen LogP contribution < -0.4 is 33.2 Å². The Balaban J connectivity index is 5.49. The number of aliphatic carboxylic acids is 2. The monoisotopic (exact) mass is 502 g/mol. The number of hydrogen-bond donors (Lipinski definition) is 8. The molecule has 4 atom stereocenters. The summed E-state index contributed by atoms with van der Waals surface area (Å²) >= 11 is 0. The largest absolute Gasteiger partial charge is 0.481 e. The van der Waals surface area contributed by atoms with Crippen molar-refractivity contribution in [2.75, 3.05) is 0 Å². The van der Waals surface area contributed by atoms with E-state index < -0.39 is 78.0 Å². The highest BCUT2D eigenvalue weighted by Crippen LogP contribution is 2.07. The van der Waals surface area contributed by atoms with Gasteiger partial charge in [-0.2, -0.15) is 0 Å². The number of carbonyl (C=O) groups is 7. The molecule has 15 nitrogen and oxygen atoms in total. The summed E-state index contributed by atoms with van der Waals surface area (Å²) in [5.74, 6) is -7.25. The molecular weight excluding hydrogens is 468 g/mol. The number of nitrogens with two attached hydrogens (primary N) is 3. The number of carbonyl (C=O) groups excluding carboxylic acids is 5. The number of hydrogen-bond acceptors (Lipinski definition) is 8. The van der Waals surface area contributed by atoms with E-state index in [2.05, 4.69) is 16.0 Å². The number of carboxylic acid groups (broad SMARTS) is 2. The van der Waals surface area contributed by atoms with Gasteiger partial charge in [0, 0.05) is 19.3 Å². The molecule has 4 unspecified atom stereocenters. The Morgan fingerprint density at radius 3 is 1.63 bits per heavy atom. The third kappa shape index (κ3) is 12.9. The number of primary amides is 2. The van der Waals surface area contributed by atoms with E-state index in [1.165, 1.54) is 0 Å². The normalized spacial score (nSPS) is 14.2. The topological polar surface area (TPSA) is 274 Å². The van der Waals surface area contributed by atoms with Gasteiger partial charge < -0.3 is 43.4 Å². The van der Waals surface area contributed by atoms with Gasteiger partial charge in [-0.3, -0.25) is 28.8 Å². The van der Waals surface area contributed by atoms with Crippen molar-refractivity contribution in [3.8, 4) is 0 Å². The minimum Gasteiger partial charge on any atom is -0.481 e. The van der Waals surface area contributed by atoms with Gasteiger partial charge in [-0.25, -0.2) is 4.79 Å². The fourth-order valence-electron chi connectivity index (χ4n) is 2.84. The summed E-state index contributed by atoms with van der Waals surface area (Å²) in [7, 11) is 0. The van der Waals surface area contributed by atoms with E-state index in [-0.39, 0.29) is 32.1 Å². The van der Waals surface area contributed by atoms with Crippen LogP contribution in [0.25, 0.3) is 0 Å². The second-order valence-corrected chi connectivity index (χ2v) is 8.24. The van der Waals surface area contributed by atoms with E-state index in [1.807, 2.05) is 0 Å². The van der Waals surface area contributed by atoms with Crippen LogP contribution in [0.15, 0.2) is 0 Å². The van der Waals surface area contributed by atoms with Crippen molar-refractivity contribution in [2.45, 2.75) is 76.5 Å². The molecule has 0 aliphatic rings. The van der Waals surface area contributed by atoms with Gasteiger partial charge in [-0.1, -0.05) is 13.8 Å². The lowest BCUT2D eigenvalue weighted by Gasteiger charge is -2.26. The number of nitrogens with one attached hydrogen (secondary N) is 3. The highest BCUT2D eigenvalue weighted by atomic mass is 16.4. The first-order chi connectivity index (χ1) is 16.1. The molecule has 0 saturated heterocycles. The molecule has 198 valence electrons. The van der Waals surface area contributed by atoms with Gasteiger partial charge in [-0.05, 0) is 25.2 Å². The summed E-state index contributed by atoms with van der Waals surface area (Å²) in [5, 5.41) is 25.1. The molecule has 0 aliphatic heterocycles. The van der Waals surface area contributed by atoms with Gasteiger partial charge in [-0.15, -0.1) is 0 Å². The first kappa shape index (κ1) is 31.2. The zero-order valence-corrected chi connectivity index (χ0v) is 19.6. The van der Waals surface area contributed by atoms with Gasteiger partial charge in [0.2, 0.25) is 29.5 Å². The highest BCUT2D eigenvalue weighted by molar-refractivity contribution is 5.94. The first-order valence-electron chi connectivity index (χ1n) is 10.8. The molecule has 0 spiro atoms. The Bertz CT molecular complexity index is 817. The summed E-state index contributed by atoms with van der Waals surface area (Å²) < 4.78 is 0. The number of amides is 5. The molecule has 0 saturated carbocycles. The fraction of sp³-hybridized carbons (Fsp3) is 0.650. The number of carboxylic acids is 2. The van der Waals surface area contributed by atoms with E-state index in [9.17, 15) is 38.7 Å². The van der Waals surface area contributed by atoms with E-state index in [4.69, 9.17) is 22.3 Å². The van der Waals surface area contributed by atoms with Gasteiger partial charge in [0.05, 0.1) is 6.04 Å². The minimum absolute atomic E-state index is 0.0564. The van der Waals surface area contributed by atoms with Crippen LogP contribution in [-0.2, 0) is 33.6 Å². The van der Waals surface area contributed by atoms with Gasteiger partial charge in [0.25, 0.3) is 0 Å². The quantitative estimate of drug-likeness (QED) is 0.0991. The van der Waals surface area contributed by atoms with Crippen LogP contribution in [0.5, 0.6) is 0 Å². The predicted octanol–water partition coefficient (Wildman–Crippen LogP) is -3.10. The molecule has 0 rings (SSSR count). The van der Waals surface area contributed by atoms with Crippen LogP contribution in [0.4, 0.5) is 0 Å². The summed E-state index contributed by atoms with van der Waals surface area (Å²) in [4.78, 5) is 82.1. The average Bonchev–Trinajstić information content (AvgIpc) is 2.74. The van der Waals surface area contributed by atoms with E-state index in [0.29, 0.717) is 0 Å². The van der Waals surface area contributed by atoms with E-state index in [0.717, 1.165) is 0 Å². The van der Waals surface area contributed by atoms with E-state index in [1.54, 1.807) is 13.8 Å². The molecule has 0 fully saturated rings. The average molecular weight is 503 g/mol. The second kappa shape index (κ2) is 15.2. The Labute approximate surface area is 201 Å². The van der Waals surface area contributed by atoms with Crippen molar-refractivity contribution in [3.05, 3.63) is 0 Å². The summed E-state index contributed by atoms with van der Waals surface area (Å²) in [5.41, 5.74) is 15.7. The van der Waals surface area contributed by atoms with Gasteiger partial charge in [0.1, 0.15) is 18.1 Å². The summed E-state index contributed by atoms with van der Waals surface area (Å²) in [6, 6.07) is -5.30. The summed E-state index contributed by atoms with van der Waals surface area (Å²) in [6.07, 6.45) is -1.77. The van der Waals surface area contributed by atoms with Crippen molar-refractivity contribution >= 4 is 41.5 Å². The highest BCUT2D eigenvalue weighted by Gasteiger charge is 2.32. The lowest BCUT2D eigenvalue weighted by molar-refractivity contribution is -0.143. The maximum Gasteiger partial charge on any atom is 0.326 e. The Morgan fingerprint density at radius 1 is 0.686 bits per heavy atom. The molecule has 0 radical (unpaired) electrons. The lowest BCUT2D eigenvalue weighted by Crippen LogP contribution is -2.58. The SMILES string of the molecule is CC(C)C(NC(=O)C(N)CCC(N)=O)C(=O)NC(CCC(=O)O)C(=O)NC(CCC(N)=O)C(=O)O. The third-order valence-corrected chi connectivity index (χ3v) is 4.86. The summed E-state index contributed by atoms with van der Waals surface area (Å²) in [6.45, 7) is 3.19. The molecule has 0 bridgehead atoms. The Morgan fingerprint density at radius 2 is 1.17 bits per heavy atom. The third-order valence-electron chi connectivity index (χ3n) is 4.86. The van der Waals surface area contributed by atoms with Crippen molar-refractivity contribution in [2.24, 2.45) is 23.1 Å². The molecule has 0 aliphatic carbocycles. The zero-order chi connectivity index (χ0) is 27.3. The second-order valence-electron chi connectivity index (χ2n) is 8.24. The molecule has 35 heavy (non-hydrogen) atoms. The van der Waals surface area contributed by atoms with Crippen molar-refractivity contribution < 1.29 is 43.8 Å². The molecule has 0 aromatic heterocycles. The van der Waals surface area contributed by atoms with Gasteiger partial charge in [0.15, 0.2) is 0 Å². The number of rotatable bonds is 17. The van der Waals surface area contributed by atoms with Crippen LogP contribution in [0.1, 0.15) is 52.4 Å². The van der Waals surface area contributed by atoms with Crippen LogP contribution >= 0.6 is 0 Å². The zero-order valence-electron chi connectivity index (χ0n) is 19.6. The maximum absolute atomic E-state index is 12.9. The standard InChI is InChI=1S/C20H34N6O9/c1-9(2)16(26-17(31)10(21)3-6-13(22)27)19(33)24-11(5-8-15(29)30)18(32)25-12(20(34)35)4-7-14(23)28/h9-12,16H,3-8,21H2,1-2H3,(H2,22,27)(H2,23,28)(H,24,33)(H,25,32)(H,26,31)(H,29,30)(H,34,35). The fourth-order valence-corrected chi connectivity index (χ4v) is 2.84. The molecule has 11 N–H and O–H groups in total. The first-order valence-corrected chi connectivity index (χ1v) is 10.8. The van der Waals surface area contributed by atoms with Crippen molar-refractivity contribution in [1.82, 2.24) is 16.0 Å². The predicted molar refractivity (Wildman–Crippen MR) is 120 cm³/mol. The van der Waals surface area contributed by atoms with Crippen molar-refractivity contribution in [3.63, 3.8) is 0 Å². The van der Waals surface area contributed by atoms with Crippen LogP contribution in [0.3, 0.4) is 0 Å². The molecular formula is C20H34N6O9. The van der Waals surface area contributed by atoms with Crippen LogP contribution in [0.2, 0.25) is 0 Å². The van der Waals surface area contributed by atoms with Gasteiger partial charge >= 0.3 is 11.9 Å². The lowest BCUT2D eigenvalue weighted by atomic mass is 10.0. The van der Waals surface area contributed by atoms with Crippen LogP contribution in [0, 0.1) is 5.92 Å². The van der Waals surface area contributed by atoms with Crippen LogP contribution in [-0.4, -0.2) is 75.9 Å². The maximum atomic E-state index is 12.9. The smallest absolute Gasteiger partial charge is 0.326 e. The molecule has 0 heterocycles. The van der Waals surface area contributed by atoms with Crippen molar-refractivity contribution in [1.29, 1.82) is 0 Å². The Kier molecular flexibility index (Phi) is 13.6. The molecule has 5 amide bonds.